The Kier molecular flexibility index (Phi) is 5.76. The number of ether oxygens (including phenoxy) is 2. The van der Waals surface area contributed by atoms with Gasteiger partial charge in [-0.2, -0.15) is 0 Å². The number of nitrogens with two attached hydrogens (primary N) is 1. The highest BCUT2D eigenvalue weighted by Gasteiger charge is 2.32. The summed E-state index contributed by atoms with van der Waals surface area (Å²) < 4.78 is 11.0. The Hall–Kier alpha value is -2.06. The van der Waals surface area contributed by atoms with Crippen molar-refractivity contribution in [2.75, 3.05) is 25.0 Å². The molecule has 2 aliphatic rings. The SMILES string of the molecule is CC(C)(C)OC(=O)N1CC[C@H](NC(=S)Nc2cccc3c2CCO3)[C@H](N)C1. The summed E-state index contributed by atoms with van der Waals surface area (Å²) in [6, 6.07) is 5.67. The van der Waals surface area contributed by atoms with Gasteiger partial charge in [0.2, 0.25) is 0 Å². The second-order valence-corrected chi connectivity index (χ2v) is 8.37. The average Bonchev–Trinajstić information content (AvgIpc) is 3.05. The summed E-state index contributed by atoms with van der Waals surface area (Å²) in [6.45, 7) is 7.28. The van der Waals surface area contributed by atoms with Crippen molar-refractivity contribution in [1.29, 1.82) is 0 Å². The van der Waals surface area contributed by atoms with Crippen LogP contribution in [0, 0.1) is 0 Å². The fourth-order valence-electron chi connectivity index (χ4n) is 3.32. The fraction of sp³-hybridized carbons (Fsp3) is 0.579. The Morgan fingerprint density at radius 1 is 1.41 bits per heavy atom. The van der Waals surface area contributed by atoms with Crippen molar-refractivity contribution in [1.82, 2.24) is 10.2 Å². The van der Waals surface area contributed by atoms with Gasteiger partial charge in [0.1, 0.15) is 11.4 Å². The molecule has 1 amide bonds. The number of benzene rings is 1. The molecule has 7 nitrogen and oxygen atoms in total. The summed E-state index contributed by atoms with van der Waals surface area (Å²) in [5.41, 5.74) is 7.88. The van der Waals surface area contributed by atoms with E-state index < -0.39 is 5.60 Å². The number of fused-ring (bicyclic) bond motifs is 1. The molecule has 27 heavy (non-hydrogen) atoms. The molecule has 0 spiro atoms. The number of carbonyl (C=O) groups is 1. The third-order valence-corrected chi connectivity index (χ3v) is 4.84. The van der Waals surface area contributed by atoms with Crippen LogP contribution in [0.1, 0.15) is 32.8 Å². The lowest BCUT2D eigenvalue weighted by Crippen LogP contribution is -2.59. The molecule has 0 aliphatic carbocycles. The van der Waals surface area contributed by atoms with Gasteiger partial charge in [0.25, 0.3) is 0 Å². The van der Waals surface area contributed by atoms with Crippen LogP contribution in [0.4, 0.5) is 10.5 Å². The number of hydrogen-bond donors (Lipinski definition) is 3. The van der Waals surface area contributed by atoms with Crippen LogP contribution in [-0.2, 0) is 11.2 Å². The van der Waals surface area contributed by atoms with E-state index in [1.807, 2.05) is 39.0 Å². The molecule has 2 heterocycles. The molecule has 8 heteroatoms. The van der Waals surface area contributed by atoms with Crippen LogP contribution in [0.25, 0.3) is 0 Å². The Labute approximate surface area is 165 Å². The van der Waals surface area contributed by atoms with Gasteiger partial charge in [-0.05, 0) is 51.5 Å². The minimum Gasteiger partial charge on any atom is -0.493 e. The predicted molar refractivity (Wildman–Crippen MR) is 109 cm³/mol. The van der Waals surface area contributed by atoms with Crippen molar-refractivity contribution in [3.8, 4) is 5.75 Å². The summed E-state index contributed by atoms with van der Waals surface area (Å²) >= 11 is 5.47. The maximum atomic E-state index is 12.2. The predicted octanol–water partition coefficient (Wildman–Crippen LogP) is 2.24. The van der Waals surface area contributed by atoms with Crippen LogP contribution < -0.4 is 21.1 Å². The molecule has 2 aliphatic heterocycles. The van der Waals surface area contributed by atoms with Gasteiger partial charge < -0.3 is 30.7 Å². The topological polar surface area (TPSA) is 88.8 Å². The molecule has 1 aromatic carbocycles. The normalized spacial score (nSPS) is 21.9. The molecular weight excluding hydrogens is 364 g/mol. The molecule has 1 aromatic rings. The lowest BCUT2D eigenvalue weighted by molar-refractivity contribution is 0.0184. The number of thiocarbonyl (C=S) groups is 1. The summed E-state index contributed by atoms with van der Waals surface area (Å²) in [5.74, 6) is 0.908. The number of nitrogens with one attached hydrogen (secondary N) is 2. The first kappa shape index (κ1) is 19.7. The van der Waals surface area contributed by atoms with Crippen LogP contribution in [0.3, 0.4) is 0 Å². The quantitative estimate of drug-likeness (QED) is 0.665. The second kappa shape index (κ2) is 7.90. The van der Waals surface area contributed by atoms with E-state index in [2.05, 4.69) is 10.6 Å². The van der Waals surface area contributed by atoms with E-state index in [9.17, 15) is 4.79 Å². The third-order valence-electron chi connectivity index (χ3n) is 4.62. The van der Waals surface area contributed by atoms with Gasteiger partial charge in [-0.3, -0.25) is 0 Å². The maximum Gasteiger partial charge on any atom is 0.410 e. The number of hydrogen-bond acceptors (Lipinski definition) is 5. The lowest BCUT2D eigenvalue weighted by atomic mass is 10.0. The Morgan fingerprint density at radius 2 is 2.19 bits per heavy atom. The Morgan fingerprint density at radius 3 is 2.89 bits per heavy atom. The maximum absolute atomic E-state index is 12.2. The molecule has 0 radical (unpaired) electrons. The number of piperidine rings is 1. The van der Waals surface area contributed by atoms with E-state index in [0.29, 0.717) is 31.2 Å². The minimum atomic E-state index is -0.512. The molecule has 1 fully saturated rings. The highest BCUT2D eigenvalue weighted by molar-refractivity contribution is 7.80. The zero-order valence-electron chi connectivity index (χ0n) is 16.1. The summed E-state index contributed by atoms with van der Waals surface area (Å²) in [6.07, 6.45) is 1.25. The standard InChI is InChI=1S/C19H28N4O3S/c1-19(2,3)26-18(24)23-9-7-15(13(20)11-23)22-17(27)21-14-5-4-6-16-12(14)8-10-25-16/h4-6,13,15H,7-11,20H2,1-3H3,(H2,21,22,27)/t13-,15+/m1/s1. The van der Waals surface area contributed by atoms with E-state index in [4.69, 9.17) is 27.4 Å². The van der Waals surface area contributed by atoms with Crippen molar-refractivity contribution in [2.24, 2.45) is 5.73 Å². The van der Waals surface area contributed by atoms with Gasteiger partial charge in [-0.1, -0.05) is 6.07 Å². The first-order chi connectivity index (χ1) is 12.7. The molecule has 0 unspecified atom stereocenters. The van der Waals surface area contributed by atoms with Crippen molar-refractivity contribution in [3.63, 3.8) is 0 Å². The first-order valence-electron chi connectivity index (χ1n) is 9.28. The zero-order valence-corrected chi connectivity index (χ0v) is 16.9. The average molecular weight is 393 g/mol. The number of likely N-dealkylation sites (tertiary alicyclic amines) is 1. The van der Waals surface area contributed by atoms with Crippen molar-refractivity contribution >= 4 is 29.1 Å². The summed E-state index contributed by atoms with van der Waals surface area (Å²) in [4.78, 5) is 13.9. The number of nitrogens with zero attached hydrogens (tertiary/aromatic N) is 1. The van der Waals surface area contributed by atoms with E-state index >= 15 is 0 Å². The molecule has 4 N–H and O–H groups in total. The molecule has 0 aromatic heterocycles. The van der Waals surface area contributed by atoms with E-state index in [1.165, 1.54) is 0 Å². The first-order valence-corrected chi connectivity index (χ1v) is 9.69. The van der Waals surface area contributed by atoms with Crippen molar-refractivity contribution in [2.45, 2.75) is 51.3 Å². The Balaban J connectivity index is 1.53. The zero-order chi connectivity index (χ0) is 19.6. The second-order valence-electron chi connectivity index (χ2n) is 7.96. The highest BCUT2D eigenvalue weighted by Crippen LogP contribution is 2.31. The number of rotatable bonds is 2. The minimum absolute atomic E-state index is 0.00306. The van der Waals surface area contributed by atoms with E-state index in [1.54, 1.807) is 4.90 Å². The van der Waals surface area contributed by atoms with Crippen LogP contribution >= 0.6 is 12.2 Å². The lowest BCUT2D eigenvalue weighted by Gasteiger charge is -2.38. The van der Waals surface area contributed by atoms with Crippen molar-refractivity contribution < 1.29 is 14.3 Å². The molecular formula is C19H28N4O3S. The van der Waals surface area contributed by atoms with Gasteiger partial charge in [0, 0.05) is 42.8 Å². The van der Waals surface area contributed by atoms with Crippen LogP contribution in [0.15, 0.2) is 18.2 Å². The molecule has 2 atom stereocenters. The fourth-order valence-corrected chi connectivity index (χ4v) is 3.58. The van der Waals surface area contributed by atoms with E-state index in [0.717, 1.165) is 23.4 Å². The molecule has 3 rings (SSSR count). The van der Waals surface area contributed by atoms with E-state index in [-0.39, 0.29) is 18.2 Å². The molecule has 1 saturated heterocycles. The largest absolute Gasteiger partial charge is 0.493 e. The highest BCUT2D eigenvalue weighted by atomic mass is 32.1. The summed E-state index contributed by atoms with van der Waals surface area (Å²) in [5, 5.41) is 7.08. The van der Waals surface area contributed by atoms with Gasteiger partial charge in [0.05, 0.1) is 6.61 Å². The number of carbonyl (C=O) groups excluding carboxylic acids is 1. The summed E-state index contributed by atoms with van der Waals surface area (Å²) in [7, 11) is 0. The van der Waals surface area contributed by atoms with Gasteiger partial charge in [-0.25, -0.2) is 4.79 Å². The monoisotopic (exact) mass is 392 g/mol. The van der Waals surface area contributed by atoms with Crippen LogP contribution in [-0.4, -0.2) is 53.5 Å². The molecule has 148 valence electrons. The van der Waals surface area contributed by atoms with Gasteiger partial charge >= 0.3 is 6.09 Å². The number of amides is 1. The smallest absolute Gasteiger partial charge is 0.410 e. The van der Waals surface area contributed by atoms with Crippen LogP contribution in [0.2, 0.25) is 0 Å². The Bertz CT molecular complexity index is 719. The third kappa shape index (κ3) is 5.01. The van der Waals surface area contributed by atoms with Crippen molar-refractivity contribution in [3.05, 3.63) is 23.8 Å². The van der Waals surface area contributed by atoms with Crippen LogP contribution in [0.5, 0.6) is 5.75 Å². The number of anilines is 1. The van der Waals surface area contributed by atoms with Gasteiger partial charge in [0.15, 0.2) is 5.11 Å². The van der Waals surface area contributed by atoms with Gasteiger partial charge in [-0.15, -0.1) is 0 Å². The molecule has 0 bridgehead atoms. The molecule has 0 saturated carbocycles.